The van der Waals surface area contributed by atoms with Crippen LogP contribution in [0.2, 0.25) is 10.0 Å². The fourth-order valence-corrected chi connectivity index (χ4v) is 10.1. The standard InChI is InChI=1S/C31H24ClN5O3.C29H24ClN5O3/c1-19-35-26-6-4-14-34-29(26)31(40)37(19)24-10-7-20(8-11-24)18-36-27(17-23-5-2-3-13-33-23)28(38)16-21-15-22(32)9-12-25(21)30(36)39;30-20-8-11-23-19(14-20)15-26(36)25(16-22-4-1-2-12-32-22)35(29(23)38)17-18-6-9-21(10-7-18)34-28(37)27-24(31)5-3-13-33-27/h2-15,27H,16-18H2,1H3;1-14,25H,15-17,31H2,(H,34,37)/t27-;25-/m11/s1. The number of ketones is 2. The number of aromatic nitrogens is 6. The molecule has 2 aliphatic heterocycles. The van der Waals surface area contributed by atoms with Crippen molar-refractivity contribution in [2.75, 3.05) is 11.1 Å². The summed E-state index contributed by atoms with van der Waals surface area (Å²) in [5, 5.41) is 3.73. The Kier molecular flexibility index (Phi) is 15.3. The highest BCUT2D eigenvalue weighted by Crippen LogP contribution is 2.30. The summed E-state index contributed by atoms with van der Waals surface area (Å²) in [5.74, 6) is -0.520. The maximum atomic E-state index is 13.9. The van der Waals surface area contributed by atoms with E-state index in [1.807, 2.05) is 60.7 Å². The average molecular weight is 1080 g/mol. The van der Waals surface area contributed by atoms with Crippen molar-refractivity contribution >= 4 is 74.9 Å². The number of amides is 3. The van der Waals surface area contributed by atoms with Gasteiger partial charge in [-0.25, -0.2) is 15.0 Å². The number of Topliss-reactive ketones (excluding diaryl/α,β-unsaturated/α-hetero) is 2. The van der Waals surface area contributed by atoms with E-state index in [1.54, 1.807) is 120 Å². The van der Waals surface area contributed by atoms with Crippen molar-refractivity contribution in [3.63, 3.8) is 0 Å². The van der Waals surface area contributed by atoms with E-state index in [1.165, 1.54) is 10.8 Å². The molecular weight excluding hydrogens is 1030 g/mol. The number of nitrogens with two attached hydrogens (primary N) is 1. The van der Waals surface area contributed by atoms with Crippen LogP contribution in [-0.4, -0.2) is 80.7 Å². The third kappa shape index (κ3) is 11.5. The van der Waals surface area contributed by atoms with Gasteiger partial charge < -0.3 is 20.9 Å². The van der Waals surface area contributed by atoms with Gasteiger partial charge in [-0.1, -0.05) is 59.6 Å². The molecule has 7 heterocycles. The van der Waals surface area contributed by atoms with Gasteiger partial charge >= 0.3 is 0 Å². The summed E-state index contributed by atoms with van der Waals surface area (Å²) in [4.78, 5) is 105. The zero-order valence-corrected chi connectivity index (χ0v) is 43.4. The van der Waals surface area contributed by atoms with Crippen LogP contribution in [0.1, 0.15) is 70.7 Å². The Morgan fingerprint density at radius 3 is 1.64 bits per heavy atom. The number of nitrogens with one attached hydrogen (secondary N) is 1. The molecule has 9 aromatic rings. The van der Waals surface area contributed by atoms with Gasteiger partial charge in [-0.15, -0.1) is 0 Å². The molecule has 3 amide bonds. The van der Waals surface area contributed by atoms with Gasteiger partial charge in [0, 0.05) is 102 Å². The smallest absolute Gasteiger partial charge is 0.284 e. The fraction of sp³-hybridized carbons (Fsp3) is 0.150. The molecular formula is C60H48Cl2N10O6. The number of fused-ring (bicyclic) bond motifs is 3. The summed E-state index contributed by atoms with van der Waals surface area (Å²) < 4.78 is 1.52. The van der Waals surface area contributed by atoms with Crippen LogP contribution < -0.4 is 16.6 Å². The van der Waals surface area contributed by atoms with E-state index in [9.17, 15) is 28.8 Å². The Balaban J connectivity index is 0.000000177. The van der Waals surface area contributed by atoms with Gasteiger partial charge in [0.15, 0.2) is 22.8 Å². The molecule has 18 heteroatoms. The number of benzene rings is 4. The molecule has 0 saturated carbocycles. The first-order chi connectivity index (χ1) is 37.8. The minimum atomic E-state index is -0.700. The van der Waals surface area contributed by atoms with Crippen LogP contribution in [0.3, 0.4) is 0 Å². The summed E-state index contributed by atoms with van der Waals surface area (Å²) in [6.45, 7) is 2.18. The summed E-state index contributed by atoms with van der Waals surface area (Å²) in [5.41, 5.74) is 13.3. The largest absolute Gasteiger partial charge is 0.397 e. The van der Waals surface area contributed by atoms with Crippen LogP contribution in [0, 0.1) is 6.92 Å². The Morgan fingerprint density at radius 1 is 0.603 bits per heavy atom. The highest BCUT2D eigenvalue weighted by Gasteiger charge is 2.37. The number of aryl methyl sites for hydroxylation is 1. The Labute approximate surface area is 457 Å². The molecule has 3 N–H and O–H groups in total. The molecule has 0 spiro atoms. The van der Waals surface area contributed by atoms with E-state index in [0.29, 0.717) is 73.4 Å². The van der Waals surface area contributed by atoms with Gasteiger partial charge in [0.25, 0.3) is 23.3 Å². The Hall–Kier alpha value is -9.25. The zero-order chi connectivity index (χ0) is 54.5. The topological polar surface area (TPSA) is 216 Å². The highest BCUT2D eigenvalue weighted by molar-refractivity contribution is 6.31. The first kappa shape index (κ1) is 52.2. The normalized spacial score (nSPS) is 15.2. The Morgan fingerprint density at radius 2 is 1.12 bits per heavy atom. The maximum absolute atomic E-state index is 13.9. The van der Waals surface area contributed by atoms with E-state index in [4.69, 9.17) is 28.9 Å². The first-order valence-electron chi connectivity index (χ1n) is 24.9. The van der Waals surface area contributed by atoms with E-state index < -0.39 is 18.0 Å². The van der Waals surface area contributed by atoms with Crippen molar-refractivity contribution in [2.24, 2.45) is 0 Å². The van der Waals surface area contributed by atoms with Crippen LogP contribution in [0.15, 0.2) is 175 Å². The van der Waals surface area contributed by atoms with Crippen molar-refractivity contribution in [1.29, 1.82) is 0 Å². The number of halogens is 2. The predicted molar refractivity (Wildman–Crippen MR) is 296 cm³/mol. The van der Waals surface area contributed by atoms with Gasteiger partial charge in [0.2, 0.25) is 0 Å². The number of anilines is 2. The number of carbonyl (C=O) groups excluding carboxylic acids is 5. The second kappa shape index (κ2) is 22.9. The van der Waals surface area contributed by atoms with Gasteiger partial charge in [0.05, 0.1) is 29.0 Å². The lowest BCUT2D eigenvalue weighted by Gasteiger charge is -2.29. The number of hydrogen-bond donors (Lipinski definition) is 2. The van der Waals surface area contributed by atoms with Crippen LogP contribution in [0.5, 0.6) is 0 Å². The first-order valence-corrected chi connectivity index (χ1v) is 25.6. The van der Waals surface area contributed by atoms with Crippen LogP contribution in [-0.2, 0) is 48.4 Å². The molecule has 388 valence electrons. The molecule has 11 rings (SSSR count). The second-order valence-corrected chi connectivity index (χ2v) is 19.6. The van der Waals surface area contributed by atoms with Crippen LogP contribution in [0.25, 0.3) is 16.7 Å². The van der Waals surface area contributed by atoms with Gasteiger partial charge in [0.1, 0.15) is 5.82 Å². The van der Waals surface area contributed by atoms with Gasteiger partial charge in [-0.2, -0.15) is 0 Å². The molecule has 0 saturated heterocycles. The third-order valence-corrected chi connectivity index (χ3v) is 14.0. The molecule has 0 aliphatic carbocycles. The lowest BCUT2D eigenvalue weighted by atomic mass is 9.99. The zero-order valence-electron chi connectivity index (χ0n) is 41.9. The molecule has 4 aromatic carbocycles. The number of nitrogens with zero attached hydrogens (tertiary/aromatic N) is 8. The molecule has 5 aromatic heterocycles. The quantitative estimate of drug-likeness (QED) is 0.124. The van der Waals surface area contributed by atoms with E-state index in [0.717, 1.165) is 22.5 Å². The van der Waals surface area contributed by atoms with Crippen LogP contribution >= 0.6 is 23.2 Å². The average Bonchev–Trinajstić information content (AvgIpc) is 3.61. The monoisotopic (exact) mass is 1070 g/mol. The number of rotatable bonds is 11. The SMILES string of the molecule is Cc1nc2cccnc2c(=O)n1-c1ccc(CN2C(=O)c3ccc(Cl)cc3CC(=O)[C@H]2Cc2ccccn2)cc1.Nc1cccnc1C(=O)Nc1ccc(CN2C(=O)c3ccc(Cl)cc3CC(=O)[C@H]2Cc2ccccn2)cc1. The third-order valence-electron chi connectivity index (χ3n) is 13.6. The predicted octanol–water partition coefficient (Wildman–Crippen LogP) is 8.86. The molecule has 0 radical (unpaired) electrons. The molecule has 2 aliphatic rings. The maximum Gasteiger partial charge on any atom is 0.284 e. The summed E-state index contributed by atoms with van der Waals surface area (Å²) in [7, 11) is 0. The lowest BCUT2D eigenvalue weighted by Crippen LogP contribution is -2.44. The van der Waals surface area contributed by atoms with Crippen molar-refractivity contribution in [3.05, 3.63) is 247 Å². The minimum Gasteiger partial charge on any atom is -0.397 e. The fourth-order valence-electron chi connectivity index (χ4n) is 9.70. The lowest BCUT2D eigenvalue weighted by molar-refractivity contribution is -0.123. The molecule has 78 heavy (non-hydrogen) atoms. The molecule has 0 bridgehead atoms. The Bertz CT molecular complexity index is 3830. The molecule has 2 atom stereocenters. The number of hydrogen-bond acceptors (Lipinski definition) is 12. The van der Waals surface area contributed by atoms with Gasteiger partial charge in [-0.05, 0) is 138 Å². The minimum absolute atomic E-state index is 0.0754. The van der Waals surface area contributed by atoms with Crippen LogP contribution in [0.4, 0.5) is 11.4 Å². The second-order valence-electron chi connectivity index (χ2n) is 18.8. The summed E-state index contributed by atoms with van der Waals surface area (Å²) in [6, 6.07) is 40.9. The highest BCUT2D eigenvalue weighted by atomic mass is 35.5. The van der Waals surface area contributed by atoms with Crippen molar-refractivity contribution in [2.45, 2.75) is 57.8 Å². The number of pyridine rings is 4. The molecule has 0 fully saturated rings. The van der Waals surface area contributed by atoms with E-state index in [-0.39, 0.29) is 66.3 Å². The summed E-state index contributed by atoms with van der Waals surface area (Å²) >= 11 is 12.4. The summed E-state index contributed by atoms with van der Waals surface area (Å²) in [6.07, 6.45) is 7.24. The van der Waals surface area contributed by atoms with Gasteiger partial charge in [-0.3, -0.25) is 43.3 Å². The number of nitrogen functional groups attached to an aromatic ring is 1. The van der Waals surface area contributed by atoms with Crippen molar-refractivity contribution < 1.29 is 24.0 Å². The molecule has 16 nitrogen and oxygen atoms in total. The number of carbonyl (C=O) groups is 5. The van der Waals surface area contributed by atoms with E-state index >= 15 is 0 Å². The van der Waals surface area contributed by atoms with E-state index in [2.05, 4.69) is 30.2 Å². The molecule has 0 unspecified atom stereocenters. The van der Waals surface area contributed by atoms with Crippen molar-refractivity contribution in [3.8, 4) is 5.69 Å². The van der Waals surface area contributed by atoms with Crippen molar-refractivity contribution in [1.82, 2.24) is 39.3 Å².